The quantitative estimate of drug-likeness (QED) is 0.0755. The van der Waals surface area contributed by atoms with Gasteiger partial charge in [-0.3, -0.25) is 38.7 Å². The molecule has 0 aromatic carbocycles. The summed E-state index contributed by atoms with van der Waals surface area (Å²) >= 11 is 0. The van der Waals surface area contributed by atoms with Crippen molar-refractivity contribution in [1.82, 2.24) is 29.4 Å². The molecule has 0 saturated heterocycles. The molecule has 2 amide bonds. The number of hydrogen-bond donors (Lipinski definition) is 5. The molecule has 0 saturated carbocycles. The van der Waals surface area contributed by atoms with Crippen LogP contribution in [0.2, 0.25) is 0 Å². The van der Waals surface area contributed by atoms with E-state index in [1.807, 2.05) is 14.0 Å². The Hall–Kier alpha value is -3.54. The summed E-state index contributed by atoms with van der Waals surface area (Å²) in [5, 5.41) is 46.6. The Morgan fingerprint density at radius 2 is 0.977 bits per heavy atom. The van der Waals surface area contributed by atoms with Crippen LogP contribution in [0.3, 0.4) is 0 Å². The van der Waals surface area contributed by atoms with E-state index in [-0.39, 0.29) is 38.6 Å². The van der Waals surface area contributed by atoms with Gasteiger partial charge in [0, 0.05) is 59.9 Å². The number of carboxylic acids is 5. The summed E-state index contributed by atoms with van der Waals surface area (Å²) in [6.07, 6.45) is 1.01. The monoisotopic (exact) mass is 620 g/mol. The highest BCUT2D eigenvalue weighted by atomic mass is 16.4. The van der Waals surface area contributed by atoms with Gasteiger partial charge < -0.3 is 40.2 Å². The maximum Gasteiger partial charge on any atom is 0.320 e. The van der Waals surface area contributed by atoms with Crippen LogP contribution in [-0.2, 0) is 24.0 Å². The molecule has 1 atom stereocenters. The number of hydrogen-bond acceptors (Lipinski definition) is 10. The van der Waals surface area contributed by atoms with Crippen LogP contribution in [0, 0.1) is 0 Å². The summed E-state index contributed by atoms with van der Waals surface area (Å²) in [6, 6.07) is -1.28. The van der Waals surface area contributed by atoms with Crippen molar-refractivity contribution >= 4 is 35.9 Å². The molecule has 0 aromatic rings. The second-order valence-corrected chi connectivity index (χ2v) is 10.4. The van der Waals surface area contributed by atoms with Gasteiger partial charge in [-0.25, -0.2) is 4.79 Å². The number of unbranched alkanes of at least 4 members (excludes halogenated alkanes) is 1. The SMILES string of the molecule is CCN(C)CCN(C)C(=O)N(C)CCCCC(C(=O)O)N(CCN(CC(=O)O)CC(=O)O)CCN(CC(=O)O)CC(=O)O. The Kier molecular flexibility index (Phi) is 19.5. The molecule has 0 spiro atoms. The summed E-state index contributed by atoms with van der Waals surface area (Å²) in [6.45, 7) is 1.78. The largest absolute Gasteiger partial charge is 0.480 e. The van der Waals surface area contributed by atoms with Crippen molar-refractivity contribution in [2.45, 2.75) is 32.2 Å². The maximum atomic E-state index is 12.6. The van der Waals surface area contributed by atoms with Crippen LogP contribution >= 0.6 is 0 Å². The first-order valence-corrected chi connectivity index (χ1v) is 14.0. The fourth-order valence-electron chi connectivity index (χ4n) is 4.27. The number of carbonyl (C=O) groups is 6. The molecule has 0 aliphatic rings. The fraction of sp³-hybridized carbons (Fsp3) is 0.769. The maximum absolute atomic E-state index is 12.6. The first-order chi connectivity index (χ1) is 20.1. The van der Waals surface area contributed by atoms with Crippen molar-refractivity contribution in [3.63, 3.8) is 0 Å². The summed E-state index contributed by atoms with van der Waals surface area (Å²) in [7, 11) is 5.31. The van der Waals surface area contributed by atoms with E-state index < -0.39 is 62.1 Å². The zero-order valence-electron chi connectivity index (χ0n) is 25.6. The minimum atomic E-state index is -1.27. The molecule has 0 aliphatic carbocycles. The van der Waals surface area contributed by atoms with Gasteiger partial charge in [-0.05, 0) is 32.9 Å². The van der Waals surface area contributed by atoms with Crippen molar-refractivity contribution in [3.8, 4) is 0 Å². The number of nitrogens with zero attached hydrogens (tertiary/aromatic N) is 6. The molecule has 0 aromatic heterocycles. The van der Waals surface area contributed by atoms with E-state index in [1.165, 1.54) is 4.90 Å². The number of amides is 2. The lowest BCUT2D eigenvalue weighted by Gasteiger charge is -2.32. The smallest absolute Gasteiger partial charge is 0.320 e. The van der Waals surface area contributed by atoms with E-state index >= 15 is 0 Å². The Morgan fingerprint density at radius 3 is 1.35 bits per heavy atom. The molecule has 0 fully saturated rings. The number of urea groups is 1. The Bertz CT molecular complexity index is 850. The average molecular weight is 621 g/mol. The number of carbonyl (C=O) groups excluding carboxylic acids is 1. The van der Waals surface area contributed by atoms with Crippen LogP contribution in [0.25, 0.3) is 0 Å². The highest BCUT2D eigenvalue weighted by molar-refractivity contribution is 5.75. The summed E-state index contributed by atoms with van der Waals surface area (Å²) in [5.74, 6) is -6.26. The van der Waals surface area contributed by atoms with E-state index in [9.17, 15) is 33.9 Å². The lowest BCUT2D eigenvalue weighted by molar-refractivity contribution is -0.146. The van der Waals surface area contributed by atoms with E-state index in [4.69, 9.17) is 20.4 Å². The van der Waals surface area contributed by atoms with Gasteiger partial charge >= 0.3 is 35.9 Å². The molecule has 248 valence electrons. The highest BCUT2D eigenvalue weighted by Gasteiger charge is 2.27. The van der Waals surface area contributed by atoms with E-state index in [0.29, 0.717) is 25.9 Å². The van der Waals surface area contributed by atoms with Crippen molar-refractivity contribution in [2.75, 3.05) is 99.7 Å². The van der Waals surface area contributed by atoms with Gasteiger partial charge in [0.05, 0.1) is 26.2 Å². The summed E-state index contributed by atoms with van der Waals surface area (Å²) < 4.78 is 0. The standard InChI is InChI=1S/C26H48N6O11/c1-5-27(2)10-11-29(4)26(43)28(3)9-7-6-8-20(25(41)42)32(14-12-30(16-21(33)34)17-22(35)36)15-13-31(18-23(37)38)19-24(39)40/h20H,5-19H2,1-4H3,(H,33,34)(H,35,36)(H,37,38)(H,39,40)(H,41,42). The molecule has 1 unspecified atom stereocenters. The third-order valence-electron chi connectivity index (χ3n) is 6.80. The molecule has 17 heteroatoms. The topological polar surface area (TPSA) is 223 Å². The highest BCUT2D eigenvalue weighted by Crippen LogP contribution is 2.12. The number of likely N-dealkylation sites (N-methyl/N-ethyl adjacent to an activating group) is 2. The number of carboxylic acid groups (broad SMARTS) is 5. The minimum absolute atomic E-state index is 0.0686. The average Bonchev–Trinajstić information content (AvgIpc) is 2.89. The number of aliphatic carboxylic acids is 5. The predicted molar refractivity (Wildman–Crippen MR) is 154 cm³/mol. The minimum Gasteiger partial charge on any atom is -0.480 e. The van der Waals surface area contributed by atoms with Gasteiger partial charge in [-0.15, -0.1) is 0 Å². The van der Waals surface area contributed by atoms with E-state index in [1.54, 1.807) is 23.9 Å². The van der Waals surface area contributed by atoms with Gasteiger partial charge in [-0.2, -0.15) is 0 Å². The van der Waals surface area contributed by atoms with Gasteiger partial charge in [-0.1, -0.05) is 6.92 Å². The van der Waals surface area contributed by atoms with Crippen LogP contribution in [0.4, 0.5) is 4.79 Å². The molecule has 5 N–H and O–H groups in total. The van der Waals surface area contributed by atoms with E-state index in [2.05, 4.69) is 4.90 Å². The van der Waals surface area contributed by atoms with Crippen molar-refractivity contribution in [1.29, 1.82) is 0 Å². The molecule has 0 bridgehead atoms. The molecule has 0 heterocycles. The third-order valence-corrected chi connectivity index (χ3v) is 6.80. The third kappa shape index (κ3) is 18.6. The first-order valence-electron chi connectivity index (χ1n) is 14.0. The van der Waals surface area contributed by atoms with E-state index in [0.717, 1.165) is 22.9 Å². The fourth-order valence-corrected chi connectivity index (χ4v) is 4.27. The summed E-state index contributed by atoms with van der Waals surface area (Å²) in [4.78, 5) is 78.7. The predicted octanol–water partition coefficient (Wildman–Crippen LogP) is -1.21. The van der Waals surface area contributed by atoms with Crippen LogP contribution in [-0.4, -0.2) is 197 Å². The van der Waals surface area contributed by atoms with Crippen molar-refractivity contribution in [2.24, 2.45) is 0 Å². The zero-order valence-corrected chi connectivity index (χ0v) is 25.6. The Labute approximate surface area is 251 Å². The van der Waals surface area contributed by atoms with Crippen molar-refractivity contribution < 1.29 is 54.3 Å². The van der Waals surface area contributed by atoms with Gasteiger partial charge in [0.2, 0.25) is 0 Å². The molecular formula is C26H48N6O11. The van der Waals surface area contributed by atoms with Crippen LogP contribution in [0.1, 0.15) is 26.2 Å². The van der Waals surface area contributed by atoms with Gasteiger partial charge in [0.15, 0.2) is 0 Å². The lowest BCUT2D eigenvalue weighted by atomic mass is 10.1. The Morgan fingerprint density at radius 1 is 0.558 bits per heavy atom. The Balaban J connectivity index is 5.50. The van der Waals surface area contributed by atoms with Gasteiger partial charge in [0.1, 0.15) is 6.04 Å². The lowest BCUT2D eigenvalue weighted by Crippen LogP contribution is -2.50. The summed E-state index contributed by atoms with van der Waals surface area (Å²) in [5.41, 5.74) is 0. The molecule has 0 rings (SSSR count). The second-order valence-electron chi connectivity index (χ2n) is 10.4. The second kappa shape index (κ2) is 21.2. The zero-order chi connectivity index (χ0) is 33.1. The molecule has 17 nitrogen and oxygen atoms in total. The first kappa shape index (κ1) is 39.5. The van der Waals surface area contributed by atoms with Crippen molar-refractivity contribution in [3.05, 3.63) is 0 Å². The molecule has 0 aliphatic heterocycles. The van der Waals surface area contributed by atoms with Crippen LogP contribution in [0.15, 0.2) is 0 Å². The molecular weight excluding hydrogens is 572 g/mol. The number of rotatable bonds is 25. The van der Waals surface area contributed by atoms with Crippen LogP contribution < -0.4 is 0 Å². The molecule has 0 radical (unpaired) electrons. The normalized spacial score (nSPS) is 12.1. The van der Waals surface area contributed by atoms with Crippen LogP contribution in [0.5, 0.6) is 0 Å². The molecule has 43 heavy (non-hydrogen) atoms. The van der Waals surface area contributed by atoms with Gasteiger partial charge in [0.25, 0.3) is 0 Å².